The number of carbonyl (C=O) groups excluding carboxylic acids is 1. The van der Waals surface area contributed by atoms with Gasteiger partial charge in [-0.2, -0.15) is 5.10 Å². The lowest BCUT2D eigenvalue weighted by Crippen LogP contribution is -2.32. The van der Waals surface area contributed by atoms with Crippen LogP contribution in [-0.4, -0.2) is 47.8 Å². The van der Waals surface area contributed by atoms with Gasteiger partial charge in [-0.25, -0.2) is 4.68 Å². The van der Waals surface area contributed by atoms with E-state index < -0.39 is 0 Å². The van der Waals surface area contributed by atoms with E-state index in [-0.39, 0.29) is 5.91 Å². The van der Waals surface area contributed by atoms with Crippen molar-refractivity contribution < 1.29 is 4.79 Å². The molecule has 0 bridgehead atoms. The molecule has 0 spiro atoms. The molecule has 0 saturated heterocycles. The van der Waals surface area contributed by atoms with E-state index in [1.54, 1.807) is 0 Å². The summed E-state index contributed by atoms with van der Waals surface area (Å²) in [6, 6.07) is 8.32. The molecule has 2 aromatic rings. The summed E-state index contributed by atoms with van der Waals surface area (Å²) in [5.41, 5.74) is 4.92. The zero-order valence-corrected chi connectivity index (χ0v) is 16.8. The van der Waals surface area contributed by atoms with Crippen LogP contribution in [0.3, 0.4) is 0 Å². The maximum absolute atomic E-state index is 12.9. The number of amides is 1. The number of nitrogens with one attached hydrogen (secondary N) is 1. The van der Waals surface area contributed by atoms with Crippen LogP contribution < -0.4 is 5.32 Å². The van der Waals surface area contributed by atoms with Crippen molar-refractivity contribution in [3.05, 3.63) is 46.8 Å². The third-order valence-corrected chi connectivity index (χ3v) is 4.38. The molecule has 5 heteroatoms. The molecule has 26 heavy (non-hydrogen) atoms. The van der Waals surface area contributed by atoms with E-state index >= 15 is 0 Å². The second-order valence-electron chi connectivity index (χ2n) is 7.07. The third-order valence-electron chi connectivity index (χ3n) is 4.38. The number of benzene rings is 1. The van der Waals surface area contributed by atoms with Gasteiger partial charge >= 0.3 is 0 Å². The van der Waals surface area contributed by atoms with Gasteiger partial charge in [-0.05, 0) is 46.0 Å². The summed E-state index contributed by atoms with van der Waals surface area (Å²) in [6.45, 7) is 7.80. The van der Waals surface area contributed by atoms with Crippen LogP contribution >= 0.6 is 0 Å². The Morgan fingerprint density at radius 1 is 1.12 bits per heavy atom. The predicted octanol–water partition coefficient (Wildman–Crippen LogP) is 3.38. The van der Waals surface area contributed by atoms with Crippen LogP contribution in [0.2, 0.25) is 0 Å². The highest BCUT2D eigenvalue weighted by atomic mass is 16.1. The number of rotatable bonds is 9. The summed E-state index contributed by atoms with van der Waals surface area (Å²) in [4.78, 5) is 15.0. The molecule has 0 radical (unpaired) electrons. The molecule has 1 N–H and O–H groups in total. The fraction of sp³-hybridized carbons (Fsp3) is 0.524. The topological polar surface area (TPSA) is 50.2 Å². The van der Waals surface area contributed by atoms with Crippen molar-refractivity contribution >= 4 is 5.91 Å². The summed E-state index contributed by atoms with van der Waals surface area (Å²) in [7, 11) is 4.01. The van der Waals surface area contributed by atoms with Crippen LogP contribution in [-0.2, 0) is 12.8 Å². The SMILES string of the molecule is CCCc1nn(-c2ccc(C)cc2)c(CCC)c1C(=O)NCCN(C)C. The molecule has 0 aliphatic heterocycles. The van der Waals surface area contributed by atoms with Crippen LogP contribution in [0.1, 0.15) is 54.0 Å². The Kier molecular flexibility index (Phi) is 7.39. The number of nitrogens with zero attached hydrogens (tertiary/aromatic N) is 3. The van der Waals surface area contributed by atoms with Crippen molar-refractivity contribution in [1.82, 2.24) is 20.0 Å². The fourth-order valence-corrected chi connectivity index (χ4v) is 3.03. The Hall–Kier alpha value is -2.14. The van der Waals surface area contributed by atoms with Crippen molar-refractivity contribution in [3.63, 3.8) is 0 Å². The third kappa shape index (κ3) is 4.94. The second-order valence-corrected chi connectivity index (χ2v) is 7.07. The Balaban J connectivity index is 2.43. The molecule has 0 aliphatic carbocycles. The number of aryl methyl sites for hydroxylation is 2. The molecule has 142 valence electrons. The van der Waals surface area contributed by atoms with Gasteiger partial charge in [-0.15, -0.1) is 0 Å². The minimum atomic E-state index is -0.00267. The molecule has 1 aromatic heterocycles. The Bertz CT molecular complexity index is 716. The van der Waals surface area contributed by atoms with Gasteiger partial charge in [0.15, 0.2) is 0 Å². The van der Waals surface area contributed by atoms with E-state index in [1.165, 1.54) is 5.56 Å². The van der Waals surface area contributed by atoms with Gasteiger partial charge in [0, 0.05) is 13.1 Å². The first-order chi connectivity index (χ1) is 12.5. The van der Waals surface area contributed by atoms with Crippen molar-refractivity contribution in [1.29, 1.82) is 0 Å². The molecule has 2 rings (SSSR count). The summed E-state index contributed by atoms with van der Waals surface area (Å²) < 4.78 is 1.97. The van der Waals surface area contributed by atoms with Crippen molar-refractivity contribution in [2.24, 2.45) is 0 Å². The summed E-state index contributed by atoms with van der Waals surface area (Å²) in [5, 5.41) is 7.90. The molecule has 5 nitrogen and oxygen atoms in total. The maximum atomic E-state index is 12.9. The van der Waals surface area contributed by atoms with Gasteiger partial charge in [-0.1, -0.05) is 44.4 Å². The van der Waals surface area contributed by atoms with E-state index in [0.717, 1.165) is 54.9 Å². The van der Waals surface area contributed by atoms with E-state index in [0.29, 0.717) is 6.54 Å². The Labute approximate surface area is 157 Å². The molecule has 1 aromatic carbocycles. The smallest absolute Gasteiger partial charge is 0.255 e. The maximum Gasteiger partial charge on any atom is 0.255 e. The highest BCUT2D eigenvalue weighted by molar-refractivity contribution is 5.96. The zero-order chi connectivity index (χ0) is 19.1. The van der Waals surface area contributed by atoms with Gasteiger partial charge < -0.3 is 10.2 Å². The standard InChI is InChI=1S/C21H32N4O/c1-6-8-18-20(21(26)22-14-15-24(4)5)19(9-7-2)25(23-18)17-12-10-16(3)11-13-17/h10-13H,6-9,14-15H2,1-5H3,(H,22,26). The predicted molar refractivity (Wildman–Crippen MR) is 107 cm³/mol. The van der Waals surface area contributed by atoms with Crippen molar-refractivity contribution in [2.45, 2.75) is 46.5 Å². The second kappa shape index (κ2) is 9.53. The minimum Gasteiger partial charge on any atom is -0.351 e. The van der Waals surface area contributed by atoms with Crippen LogP contribution in [0.5, 0.6) is 0 Å². The van der Waals surface area contributed by atoms with E-state index in [9.17, 15) is 4.79 Å². The highest BCUT2D eigenvalue weighted by Crippen LogP contribution is 2.22. The Morgan fingerprint density at radius 3 is 2.35 bits per heavy atom. The number of hydrogen-bond acceptors (Lipinski definition) is 3. The average molecular weight is 357 g/mol. The molecule has 0 fully saturated rings. The zero-order valence-electron chi connectivity index (χ0n) is 16.8. The summed E-state index contributed by atoms with van der Waals surface area (Å²) >= 11 is 0. The summed E-state index contributed by atoms with van der Waals surface area (Å²) in [5.74, 6) is -0.00267. The van der Waals surface area contributed by atoms with Crippen LogP contribution in [0, 0.1) is 6.92 Å². The lowest BCUT2D eigenvalue weighted by Gasteiger charge is -2.12. The normalized spacial score (nSPS) is 11.2. The van der Waals surface area contributed by atoms with Gasteiger partial charge in [-0.3, -0.25) is 4.79 Å². The lowest BCUT2D eigenvalue weighted by molar-refractivity contribution is 0.0949. The van der Waals surface area contributed by atoms with E-state index in [4.69, 9.17) is 5.10 Å². The molecule has 0 atom stereocenters. The average Bonchev–Trinajstić information content (AvgIpc) is 2.94. The first-order valence-corrected chi connectivity index (χ1v) is 9.58. The highest BCUT2D eigenvalue weighted by Gasteiger charge is 2.23. The fourth-order valence-electron chi connectivity index (χ4n) is 3.03. The quantitative estimate of drug-likeness (QED) is 0.749. The number of carbonyl (C=O) groups is 1. The first-order valence-electron chi connectivity index (χ1n) is 9.58. The van der Waals surface area contributed by atoms with Gasteiger partial charge in [0.25, 0.3) is 5.91 Å². The molecule has 1 amide bonds. The van der Waals surface area contributed by atoms with Crippen molar-refractivity contribution in [2.75, 3.05) is 27.2 Å². The molecular formula is C21H32N4O. The van der Waals surface area contributed by atoms with E-state index in [2.05, 4.69) is 55.3 Å². The number of aromatic nitrogens is 2. The van der Waals surface area contributed by atoms with Crippen LogP contribution in [0.4, 0.5) is 0 Å². The van der Waals surface area contributed by atoms with Gasteiger partial charge in [0.1, 0.15) is 0 Å². The summed E-state index contributed by atoms with van der Waals surface area (Å²) in [6.07, 6.45) is 3.59. The molecule has 0 saturated carbocycles. The number of likely N-dealkylation sites (N-methyl/N-ethyl adjacent to an activating group) is 1. The number of hydrogen-bond donors (Lipinski definition) is 1. The molecule has 0 aliphatic rings. The minimum absolute atomic E-state index is 0.00267. The monoisotopic (exact) mass is 356 g/mol. The van der Waals surface area contributed by atoms with Crippen LogP contribution in [0.15, 0.2) is 24.3 Å². The first kappa shape index (κ1) is 20.2. The van der Waals surface area contributed by atoms with Gasteiger partial charge in [0.2, 0.25) is 0 Å². The van der Waals surface area contributed by atoms with E-state index in [1.807, 2.05) is 18.8 Å². The lowest BCUT2D eigenvalue weighted by atomic mass is 10.1. The molecular weight excluding hydrogens is 324 g/mol. The van der Waals surface area contributed by atoms with Crippen LogP contribution in [0.25, 0.3) is 5.69 Å². The van der Waals surface area contributed by atoms with Gasteiger partial charge in [0.05, 0.1) is 22.6 Å². The Morgan fingerprint density at radius 2 is 1.77 bits per heavy atom. The largest absolute Gasteiger partial charge is 0.351 e. The molecule has 0 unspecified atom stereocenters. The van der Waals surface area contributed by atoms with Crippen molar-refractivity contribution in [3.8, 4) is 5.69 Å². The molecule has 1 heterocycles.